The molecule has 0 saturated heterocycles. The number of esters is 1. The predicted octanol–water partition coefficient (Wildman–Crippen LogP) is 3.25. The van der Waals surface area contributed by atoms with E-state index in [1.54, 1.807) is 12.3 Å². The van der Waals surface area contributed by atoms with Crippen LogP contribution in [0, 0.1) is 20.8 Å². The van der Waals surface area contributed by atoms with Gasteiger partial charge >= 0.3 is 5.97 Å². The molecule has 1 amide bonds. The zero-order chi connectivity index (χ0) is 23.5. The molecular formula is C22H23N3O5S2. The molecule has 1 heterocycles. The molecule has 0 aliphatic carbocycles. The Morgan fingerprint density at radius 2 is 1.81 bits per heavy atom. The van der Waals surface area contributed by atoms with Crippen molar-refractivity contribution in [1.82, 2.24) is 4.98 Å². The van der Waals surface area contributed by atoms with Crippen molar-refractivity contribution in [2.45, 2.75) is 38.7 Å². The first-order valence-corrected chi connectivity index (χ1v) is 12.1. The number of nitrogens with two attached hydrogens (primary N) is 1. The number of primary sulfonamides is 1. The lowest BCUT2D eigenvalue weighted by molar-refractivity contribution is -0.115. The number of hydrogen-bond acceptors (Lipinski definition) is 7. The average Bonchev–Trinajstić information content (AvgIpc) is 3.15. The van der Waals surface area contributed by atoms with Crippen LogP contribution in [0.15, 0.2) is 46.7 Å². The number of carbonyl (C=O) groups excluding carboxylic acids is 2. The molecular weight excluding hydrogens is 450 g/mol. The van der Waals surface area contributed by atoms with Crippen LogP contribution in [0.3, 0.4) is 0 Å². The highest BCUT2D eigenvalue weighted by molar-refractivity contribution is 7.89. The van der Waals surface area contributed by atoms with Gasteiger partial charge in [-0.05, 0) is 55.7 Å². The van der Waals surface area contributed by atoms with Crippen molar-refractivity contribution < 1.29 is 22.7 Å². The summed E-state index contributed by atoms with van der Waals surface area (Å²) in [7, 11) is -3.94. The van der Waals surface area contributed by atoms with Crippen molar-refractivity contribution >= 4 is 38.9 Å². The van der Waals surface area contributed by atoms with Gasteiger partial charge in [0.1, 0.15) is 11.6 Å². The standard InChI is InChI=1S/C22H23N3O5S2/c1-13-4-5-15(3)19(8-13)25-20(26)10-21-24-16(12-31-21)11-30-22(27)18-9-17(32(23,28)29)7-6-14(18)2/h4-9,12H,10-11H2,1-3H3,(H,25,26)(H2,23,28,29). The molecule has 1 aromatic heterocycles. The van der Waals surface area contributed by atoms with E-state index in [1.165, 1.54) is 29.5 Å². The third-order valence-corrected chi connectivity index (χ3v) is 6.50. The monoisotopic (exact) mass is 473 g/mol. The van der Waals surface area contributed by atoms with Gasteiger partial charge in [-0.2, -0.15) is 0 Å². The third-order valence-electron chi connectivity index (χ3n) is 4.69. The van der Waals surface area contributed by atoms with Crippen LogP contribution in [0.25, 0.3) is 0 Å². The lowest BCUT2D eigenvalue weighted by atomic mass is 10.1. The first-order valence-electron chi connectivity index (χ1n) is 9.64. The minimum Gasteiger partial charge on any atom is -0.456 e. The molecule has 0 bridgehead atoms. The van der Waals surface area contributed by atoms with Crippen molar-refractivity contribution in [3.8, 4) is 0 Å². The third kappa shape index (κ3) is 6.00. The Labute approximate surface area is 190 Å². The second-order valence-electron chi connectivity index (χ2n) is 7.37. The van der Waals surface area contributed by atoms with Gasteiger partial charge < -0.3 is 10.1 Å². The maximum absolute atomic E-state index is 12.4. The van der Waals surface area contributed by atoms with Crippen LogP contribution in [-0.4, -0.2) is 25.3 Å². The van der Waals surface area contributed by atoms with E-state index in [-0.39, 0.29) is 29.4 Å². The summed E-state index contributed by atoms with van der Waals surface area (Å²) in [5, 5.41) is 10.3. The summed E-state index contributed by atoms with van der Waals surface area (Å²) in [4.78, 5) is 29.0. The molecule has 10 heteroatoms. The van der Waals surface area contributed by atoms with Crippen molar-refractivity contribution in [3.05, 3.63) is 74.7 Å². The fourth-order valence-electron chi connectivity index (χ4n) is 2.91. The van der Waals surface area contributed by atoms with E-state index in [4.69, 9.17) is 9.88 Å². The van der Waals surface area contributed by atoms with E-state index >= 15 is 0 Å². The van der Waals surface area contributed by atoms with E-state index in [9.17, 15) is 18.0 Å². The fourth-order valence-corrected chi connectivity index (χ4v) is 4.23. The van der Waals surface area contributed by atoms with Crippen molar-refractivity contribution in [1.29, 1.82) is 0 Å². The van der Waals surface area contributed by atoms with E-state index in [2.05, 4.69) is 10.3 Å². The number of nitrogens with zero attached hydrogens (tertiary/aromatic N) is 1. The molecule has 0 spiro atoms. The van der Waals surface area contributed by atoms with E-state index < -0.39 is 16.0 Å². The van der Waals surface area contributed by atoms with Crippen LogP contribution >= 0.6 is 11.3 Å². The Kier molecular flexibility index (Phi) is 7.07. The van der Waals surface area contributed by atoms with Gasteiger partial charge in [0.25, 0.3) is 0 Å². The Hall–Kier alpha value is -3.08. The second-order valence-corrected chi connectivity index (χ2v) is 9.88. The topological polar surface area (TPSA) is 128 Å². The normalized spacial score (nSPS) is 11.2. The van der Waals surface area contributed by atoms with Crippen LogP contribution < -0.4 is 10.5 Å². The molecule has 0 radical (unpaired) electrons. The van der Waals surface area contributed by atoms with E-state index in [1.807, 2.05) is 32.0 Å². The number of amides is 1. The zero-order valence-corrected chi connectivity index (χ0v) is 19.5. The average molecular weight is 474 g/mol. The number of aromatic nitrogens is 1. The van der Waals surface area contributed by atoms with Crippen LogP contribution in [0.4, 0.5) is 5.69 Å². The minimum absolute atomic E-state index is 0.0987. The number of rotatable bonds is 7. The van der Waals surface area contributed by atoms with Gasteiger partial charge in [0, 0.05) is 11.1 Å². The van der Waals surface area contributed by atoms with E-state index in [0.29, 0.717) is 16.3 Å². The Bertz CT molecular complexity index is 1280. The largest absolute Gasteiger partial charge is 0.456 e. The molecule has 0 atom stereocenters. The maximum Gasteiger partial charge on any atom is 0.338 e. The number of anilines is 1. The van der Waals surface area contributed by atoms with E-state index in [0.717, 1.165) is 16.8 Å². The Balaban J connectivity index is 1.60. The lowest BCUT2D eigenvalue weighted by Crippen LogP contribution is -2.15. The quantitative estimate of drug-likeness (QED) is 0.507. The summed E-state index contributed by atoms with van der Waals surface area (Å²) in [6.07, 6.45) is 0.0987. The summed E-state index contributed by atoms with van der Waals surface area (Å²) < 4.78 is 28.3. The first-order chi connectivity index (χ1) is 15.0. The number of carbonyl (C=O) groups is 2. The number of thiazole rings is 1. The number of aryl methyl sites for hydroxylation is 3. The summed E-state index contributed by atoms with van der Waals surface area (Å²) in [5.41, 5.74) is 3.95. The second kappa shape index (κ2) is 9.60. The maximum atomic E-state index is 12.4. The smallest absolute Gasteiger partial charge is 0.338 e. The number of ether oxygens (including phenoxy) is 1. The minimum atomic E-state index is -3.94. The molecule has 0 aliphatic heterocycles. The molecule has 168 valence electrons. The van der Waals surface area contributed by atoms with Crippen LogP contribution in [0.2, 0.25) is 0 Å². The number of benzene rings is 2. The van der Waals surface area contributed by atoms with Crippen LogP contribution in [-0.2, 0) is 32.6 Å². The van der Waals surface area contributed by atoms with Gasteiger partial charge in [0.15, 0.2) is 0 Å². The highest BCUT2D eigenvalue weighted by atomic mass is 32.2. The molecule has 3 N–H and O–H groups in total. The highest BCUT2D eigenvalue weighted by Crippen LogP contribution is 2.19. The number of hydrogen-bond donors (Lipinski definition) is 2. The summed E-state index contributed by atoms with van der Waals surface area (Å²) in [5.74, 6) is -0.873. The zero-order valence-electron chi connectivity index (χ0n) is 17.8. The Morgan fingerprint density at radius 1 is 1.09 bits per heavy atom. The highest BCUT2D eigenvalue weighted by Gasteiger charge is 2.17. The summed E-state index contributed by atoms with van der Waals surface area (Å²) >= 11 is 1.29. The molecule has 0 unspecified atom stereocenters. The lowest BCUT2D eigenvalue weighted by Gasteiger charge is -2.08. The van der Waals surface area contributed by atoms with Gasteiger partial charge in [-0.3, -0.25) is 4.79 Å². The van der Waals surface area contributed by atoms with Crippen LogP contribution in [0.5, 0.6) is 0 Å². The number of sulfonamides is 1. The van der Waals surface area contributed by atoms with Crippen molar-refractivity contribution in [2.24, 2.45) is 5.14 Å². The molecule has 3 rings (SSSR count). The SMILES string of the molecule is Cc1ccc(C)c(NC(=O)Cc2nc(COC(=O)c3cc(S(N)(=O)=O)ccc3C)cs2)c1. The molecule has 3 aromatic rings. The predicted molar refractivity (Wildman–Crippen MR) is 122 cm³/mol. The van der Waals surface area contributed by atoms with Gasteiger partial charge in [0.2, 0.25) is 15.9 Å². The van der Waals surface area contributed by atoms with Gasteiger partial charge in [0.05, 0.1) is 22.6 Å². The molecule has 0 fully saturated rings. The van der Waals surface area contributed by atoms with Crippen molar-refractivity contribution in [2.75, 3.05) is 5.32 Å². The van der Waals surface area contributed by atoms with Crippen molar-refractivity contribution in [3.63, 3.8) is 0 Å². The van der Waals surface area contributed by atoms with Crippen LogP contribution in [0.1, 0.15) is 37.7 Å². The first kappa shape index (κ1) is 23.6. The van der Waals surface area contributed by atoms with Gasteiger partial charge in [-0.1, -0.05) is 18.2 Å². The number of nitrogens with one attached hydrogen (secondary N) is 1. The molecule has 0 saturated carbocycles. The fraction of sp³-hybridized carbons (Fsp3) is 0.227. The Morgan fingerprint density at radius 3 is 2.53 bits per heavy atom. The summed E-state index contributed by atoms with van der Waals surface area (Å²) in [6.45, 7) is 5.44. The molecule has 8 nitrogen and oxygen atoms in total. The summed E-state index contributed by atoms with van der Waals surface area (Å²) in [6, 6.07) is 9.85. The molecule has 2 aromatic carbocycles. The van der Waals surface area contributed by atoms with Gasteiger partial charge in [-0.15, -0.1) is 11.3 Å². The van der Waals surface area contributed by atoms with Gasteiger partial charge in [-0.25, -0.2) is 23.3 Å². The molecule has 0 aliphatic rings. The molecule has 32 heavy (non-hydrogen) atoms.